The van der Waals surface area contributed by atoms with Gasteiger partial charge in [-0.25, -0.2) is 0 Å². The molecule has 2 fully saturated rings. The van der Waals surface area contributed by atoms with Crippen LogP contribution < -0.4 is 20.6 Å². The van der Waals surface area contributed by atoms with E-state index in [-0.39, 0.29) is 23.3 Å². The van der Waals surface area contributed by atoms with Gasteiger partial charge < -0.3 is 29.2 Å². The van der Waals surface area contributed by atoms with Crippen molar-refractivity contribution < 1.29 is 9.47 Å². The van der Waals surface area contributed by atoms with Crippen LogP contribution in [0.5, 0.6) is 11.5 Å². The molecule has 8 heteroatoms. The van der Waals surface area contributed by atoms with Gasteiger partial charge in [-0.1, -0.05) is 13.8 Å². The normalized spacial score (nSPS) is 17.0. The zero-order chi connectivity index (χ0) is 31.4. The Morgan fingerprint density at radius 2 is 0.955 bits per heavy atom. The van der Waals surface area contributed by atoms with Crippen LogP contribution in [0.3, 0.4) is 0 Å². The maximum atomic E-state index is 12.0. The zero-order valence-corrected chi connectivity index (χ0v) is 27.2. The predicted molar refractivity (Wildman–Crippen MR) is 180 cm³/mol. The first kappa shape index (κ1) is 31.8. The van der Waals surface area contributed by atoms with Gasteiger partial charge in [0.25, 0.3) is 11.1 Å². The van der Waals surface area contributed by atoms with E-state index >= 15 is 0 Å². The van der Waals surface area contributed by atoms with Gasteiger partial charge in [-0.2, -0.15) is 0 Å². The van der Waals surface area contributed by atoms with Crippen molar-refractivity contribution in [2.75, 3.05) is 39.3 Å². The quantitative estimate of drug-likeness (QED) is 0.282. The summed E-state index contributed by atoms with van der Waals surface area (Å²) < 4.78 is 12.5. The molecule has 0 aliphatic carbocycles. The van der Waals surface area contributed by atoms with Gasteiger partial charge in [0.2, 0.25) is 0 Å². The molecule has 236 valence electrons. The van der Waals surface area contributed by atoms with Crippen molar-refractivity contribution in [1.82, 2.24) is 19.8 Å². The van der Waals surface area contributed by atoms with E-state index in [4.69, 9.17) is 9.47 Å². The minimum absolute atomic E-state index is 0.0356. The second kappa shape index (κ2) is 14.0. The van der Waals surface area contributed by atoms with Gasteiger partial charge in [-0.05, 0) is 124 Å². The topological polar surface area (TPSA) is 90.7 Å². The Morgan fingerprint density at radius 3 is 1.30 bits per heavy atom. The maximum Gasteiger partial charge on any atom is 0.255 e. The molecule has 0 bridgehead atoms. The van der Waals surface area contributed by atoms with E-state index in [2.05, 4.69) is 33.6 Å². The third-order valence-corrected chi connectivity index (χ3v) is 9.36. The van der Waals surface area contributed by atoms with Crippen LogP contribution in [0.25, 0.3) is 21.5 Å². The molecule has 2 aromatic carbocycles. The number of fused-ring (bicyclic) bond motifs is 2. The first-order valence-corrected chi connectivity index (χ1v) is 16.2. The van der Waals surface area contributed by atoms with Gasteiger partial charge >= 0.3 is 0 Å². The molecular formula is C36H48N4O4. The van der Waals surface area contributed by atoms with Crippen LogP contribution in [0.2, 0.25) is 0 Å². The van der Waals surface area contributed by atoms with Gasteiger partial charge in [0, 0.05) is 49.3 Å². The van der Waals surface area contributed by atoms with E-state index in [1.807, 2.05) is 52.0 Å². The van der Waals surface area contributed by atoms with E-state index in [1.165, 1.54) is 0 Å². The number of aromatic amines is 2. The summed E-state index contributed by atoms with van der Waals surface area (Å²) in [4.78, 5) is 34.4. The summed E-state index contributed by atoms with van der Waals surface area (Å²) >= 11 is 0. The standard InChI is InChI=1S/2C18H24N2O2/c2*1-4-20-7-5-14(6-8-20)22-17-10-15-13(3)11-19-18(21)16(15)9-12(17)2/h2*9-11,14H,4-8H2,1-3H3,(H,19,21). The minimum atomic E-state index is -0.0356. The highest BCUT2D eigenvalue weighted by atomic mass is 16.5. The summed E-state index contributed by atoms with van der Waals surface area (Å²) in [5.74, 6) is 1.83. The molecule has 0 amide bonds. The summed E-state index contributed by atoms with van der Waals surface area (Å²) in [7, 11) is 0. The number of nitrogens with one attached hydrogen (secondary N) is 2. The number of nitrogens with zero attached hydrogens (tertiary/aromatic N) is 2. The molecule has 2 aliphatic rings. The van der Waals surface area contributed by atoms with Gasteiger partial charge in [0.15, 0.2) is 0 Å². The molecule has 4 heterocycles. The minimum Gasteiger partial charge on any atom is -0.490 e. The van der Waals surface area contributed by atoms with E-state index < -0.39 is 0 Å². The van der Waals surface area contributed by atoms with E-state index in [9.17, 15) is 9.59 Å². The molecule has 0 atom stereocenters. The molecule has 0 saturated carbocycles. The lowest BCUT2D eigenvalue weighted by Crippen LogP contribution is -2.38. The lowest BCUT2D eigenvalue weighted by Gasteiger charge is -2.31. The van der Waals surface area contributed by atoms with E-state index in [0.717, 1.165) is 120 Å². The second-order valence-electron chi connectivity index (χ2n) is 12.4. The Hall–Kier alpha value is -3.62. The second-order valence-corrected chi connectivity index (χ2v) is 12.4. The lowest BCUT2D eigenvalue weighted by molar-refractivity contribution is 0.103. The van der Waals surface area contributed by atoms with Crippen molar-refractivity contribution in [3.8, 4) is 11.5 Å². The van der Waals surface area contributed by atoms with Crippen LogP contribution in [0.1, 0.15) is 61.8 Å². The van der Waals surface area contributed by atoms with Gasteiger partial charge in [-0.15, -0.1) is 0 Å². The van der Waals surface area contributed by atoms with Crippen molar-refractivity contribution in [3.63, 3.8) is 0 Å². The van der Waals surface area contributed by atoms with E-state index in [0.29, 0.717) is 0 Å². The van der Waals surface area contributed by atoms with Crippen molar-refractivity contribution in [2.45, 2.75) is 79.4 Å². The molecule has 2 aromatic heterocycles. The highest BCUT2D eigenvalue weighted by Crippen LogP contribution is 2.29. The number of benzene rings is 2. The number of hydrogen-bond donors (Lipinski definition) is 2. The van der Waals surface area contributed by atoms with Crippen LogP contribution >= 0.6 is 0 Å². The SMILES string of the molecule is CCN1CCC(Oc2cc3c(C)c[nH]c(=O)c3cc2C)CC1.CCN1CCC(Oc2cc3c(C)c[nH]c(=O)c3cc2C)CC1. The fourth-order valence-corrected chi connectivity index (χ4v) is 6.36. The average molecular weight is 601 g/mol. The number of H-pyrrole nitrogens is 2. The Morgan fingerprint density at radius 1 is 0.591 bits per heavy atom. The van der Waals surface area contributed by atoms with Crippen LogP contribution in [-0.2, 0) is 0 Å². The highest BCUT2D eigenvalue weighted by molar-refractivity contribution is 5.87. The molecule has 2 saturated heterocycles. The maximum absolute atomic E-state index is 12.0. The smallest absolute Gasteiger partial charge is 0.255 e. The van der Waals surface area contributed by atoms with Gasteiger partial charge in [0.1, 0.15) is 23.7 Å². The predicted octanol–water partition coefficient (Wildman–Crippen LogP) is 6.02. The van der Waals surface area contributed by atoms with Crippen LogP contribution in [0.15, 0.2) is 46.2 Å². The first-order chi connectivity index (χ1) is 21.2. The van der Waals surface area contributed by atoms with Crippen LogP contribution in [0, 0.1) is 27.7 Å². The number of ether oxygens (including phenoxy) is 2. The third-order valence-electron chi connectivity index (χ3n) is 9.36. The number of aryl methyl sites for hydroxylation is 4. The largest absolute Gasteiger partial charge is 0.490 e. The molecule has 0 radical (unpaired) electrons. The summed E-state index contributed by atoms with van der Waals surface area (Å²) in [6.07, 6.45) is 8.37. The third kappa shape index (κ3) is 7.19. The summed E-state index contributed by atoms with van der Waals surface area (Å²) in [6, 6.07) is 7.94. The number of likely N-dealkylation sites (tertiary alicyclic amines) is 2. The Labute approximate surface area is 260 Å². The van der Waals surface area contributed by atoms with E-state index in [1.54, 1.807) is 12.4 Å². The summed E-state index contributed by atoms with van der Waals surface area (Å²) in [5, 5.41) is 3.45. The zero-order valence-electron chi connectivity index (χ0n) is 27.2. The molecule has 0 unspecified atom stereocenters. The van der Waals surface area contributed by atoms with Gasteiger partial charge in [-0.3, -0.25) is 9.59 Å². The molecule has 8 nitrogen and oxygen atoms in total. The molecule has 44 heavy (non-hydrogen) atoms. The lowest BCUT2D eigenvalue weighted by atomic mass is 10.0. The van der Waals surface area contributed by atoms with Crippen molar-refractivity contribution in [1.29, 1.82) is 0 Å². The fraction of sp³-hybridized carbons (Fsp3) is 0.500. The number of rotatable bonds is 6. The number of piperidine rings is 2. The highest BCUT2D eigenvalue weighted by Gasteiger charge is 2.22. The molecule has 2 aliphatic heterocycles. The van der Waals surface area contributed by atoms with Crippen molar-refractivity contribution in [3.05, 3.63) is 79.6 Å². The average Bonchev–Trinajstić information content (AvgIpc) is 3.03. The first-order valence-electron chi connectivity index (χ1n) is 16.2. The van der Waals surface area contributed by atoms with Crippen LogP contribution in [-0.4, -0.2) is 71.2 Å². The molecule has 6 rings (SSSR count). The molecule has 4 aromatic rings. The number of hydrogen-bond acceptors (Lipinski definition) is 6. The Bertz CT molecular complexity index is 1580. The molecule has 0 spiro atoms. The van der Waals surface area contributed by atoms with Gasteiger partial charge in [0.05, 0.1) is 0 Å². The number of pyridine rings is 2. The fourth-order valence-electron chi connectivity index (χ4n) is 6.36. The Balaban J connectivity index is 0.000000175. The Kier molecular flexibility index (Phi) is 10.1. The monoisotopic (exact) mass is 600 g/mol. The number of aromatic nitrogens is 2. The van der Waals surface area contributed by atoms with Crippen LogP contribution in [0.4, 0.5) is 0 Å². The molecular weight excluding hydrogens is 552 g/mol. The molecule has 2 N–H and O–H groups in total. The summed E-state index contributed by atoms with van der Waals surface area (Å²) in [5.41, 5.74) is 4.13. The van der Waals surface area contributed by atoms with Crippen molar-refractivity contribution >= 4 is 21.5 Å². The van der Waals surface area contributed by atoms with Crippen molar-refractivity contribution in [2.24, 2.45) is 0 Å². The summed E-state index contributed by atoms with van der Waals surface area (Å²) in [6.45, 7) is 19.1.